The van der Waals surface area contributed by atoms with E-state index in [1.165, 1.54) is 0 Å². The summed E-state index contributed by atoms with van der Waals surface area (Å²) < 4.78 is 0. The first kappa shape index (κ1) is 22.8. The van der Waals surface area contributed by atoms with Crippen LogP contribution in [0.25, 0.3) is 11.1 Å². The molecule has 172 valence electrons. The zero-order valence-electron chi connectivity index (χ0n) is 18.9. The summed E-state index contributed by atoms with van der Waals surface area (Å²) in [5.74, 6) is 0.255. The van der Waals surface area contributed by atoms with E-state index in [1.807, 2.05) is 43.3 Å². The molecule has 2 heterocycles. The fraction of sp³-hybridized carbons (Fsp3) is 0.115. The summed E-state index contributed by atoms with van der Waals surface area (Å²) in [6, 6.07) is 19.6. The molecule has 4 aromatic rings. The highest BCUT2D eigenvalue weighted by Crippen LogP contribution is 2.30. The fourth-order valence-electron chi connectivity index (χ4n) is 3.56. The molecule has 0 saturated carbocycles. The van der Waals surface area contributed by atoms with Gasteiger partial charge in [-0.15, -0.1) is 0 Å². The lowest BCUT2D eigenvalue weighted by Crippen LogP contribution is -2.15. The van der Waals surface area contributed by atoms with Gasteiger partial charge in [0.15, 0.2) is 0 Å². The maximum atomic E-state index is 12.8. The Morgan fingerprint density at radius 2 is 1.82 bits per heavy atom. The lowest BCUT2D eigenvalue weighted by Gasteiger charge is -2.16. The molecule has 34 heavy (non-hydrogen) atoms. The predicted molar refractivity (Wildman–Crippen MR) is 135 cm³/mol. The molecule has 0 radical (unpaired) electrons. The van der Waals surface area contributed by atoms with Crippen molar-refractivity contribution in [2.24, 2.45) is 0 Å². The number of aromatic amines is 1. The maximum absolute atomic E-state index is 12.8. The minimum Gasteiger partial charge on any atom is -0.392 e. The van der Waals surface area contributed by atoms with Crippen LogP contribution in [0, 0.1) is 0 Å². The summed E-state index contributed by atoms with van der Waals surface area (Å²) in [7, 11) is 3.87. The molecule has 4 N–H and O–H groups in total. The predicted octanol–water partition coefficient (Wildman–Crippen LogP) is 3.99. The largest absolute Gasteiger partial charge is 0.392 e. The second-order valence-corrected chi connectivity index (χ2v) is 7.86. The molecule has 0 aliphatic carbocycles. The Kier molecular flexibility index (Phi) is 6.70. The van der Waals surface area contributed by atoms with Crippen LogP contribution < -0.4 is 21.1 Å². The zero-order valence-corrected chi connectivity index (χ0v) is 18.9. The van der Waals surface area contributed by atoms with Crippen molar-refractivity contribution in [2.75, 3.05) is 29.6 Å². The number of anilines is 4. The second-order valence-electron chi connectivity index (χ2n) is 7.86. The maximum Gasteiger partial charge on any atom is 0.271 e. The van der Waals surface area contributed by atoms with E-state index in [9.17, 15) is 14.7 Å². The van der Waals surface area contributed by atoms with Crippen molar-refractivity contribution in [1.82, 2.24) is 9.97 Å². The molecule has 0 unspecified atom stereocenters. The summed E-state index contributed by atoms with van der Waals surface area (Å²) in [4.78, 5) is 34.0. The Labute approximate surface area is 196 Å². The van der Waals surface area contributed by atoms with Crippen molar-refractivity contribution >= 4 is 28.8 Å². The number of nitrogens with zero attached hydrogens (tertiary/aromatic N) is 2. The quantitative estimate of drug-likeness (QED) is 0.335. The van der Waals surface area contributed by atoms with E-state index in [0.29, 0.717) is 39.4 Å². The van der Waals surface area contributed by atoms with Crippen molar-refractivity contribution in [3.8, 4) is 11.1 Å². The van der Waals surface area contributed by atoms with Crippen LogP contribution in [0.4, 0.5) is 22.9 Å². The number of amides is 1. The van der Waals surface area contributed by atoms with Crippen LogP contribution >= 0.6 is 0 Å². The highest BCUT2D eigenvalue weighted by Gasteiger charge is 2.15. The summed E-state index contributed by atoms with van der Waals surface area (Å²) in [6.07, 6.45) is 3.20. The molecule has 0 atom stereocenters. The highest BCUT2D eigenvalue weighted by atomic mass is 16.3. The average molecular weight is 456 g/mol. The second kappa shape index (κ2) is 10.0. The first-order valence-electron chi connectivity index (χ1n) is 10.7. The number of hydrogen-bond donors (Lipinski definition) is 4. The molecule has 1 amide bonds. The van der Waals surface area contributed by atoms with E-state index in [0.717, 1.165) is 5.69 Å². The Morgan fingerprint density at radius 3 is 2.50 bits per heavy atom. The van der Waals surface area contributed by atoms with Gasteiger partial charge in [0, 0.05) is 54.6 Å². The molecule has 4 rings (SSSR count). The normalized spacial score (nSPS) is 10.6. The smallest absolute Gasteiger partial charge is 0.271 e. The fourth-order valence-corrected chi connectivity index (χ4v) is 3.56. The van der Waals surface area contributed by atoms with Gasteiger partial charge in [0.05, 0.1) is 6.61 Å². The van der Waals surface area contributed by atoms with Crippen LogP contribution in [0.2, 0.25) is 0 Å². The van der Waals surface area contributed by atoms with Crippen molar-refractivity contribution in [1.29, 1.82) is 0 Å². The van der Waals surface area contributed by atoms with E-state index in [-0.39, 0.29) is 18.1 Å². The molecule has 8 heteroatoms. The minimum atomic E-state index is -0.300. The van der Waals surface area contributed by atoms with Gasteiger partial charge in [0.25, 0.3) is 11.5 Å². The number of benzene rings is 2. The third kappa shape index (κ3) is 4.97. The number of carbonyl (C=O) groups is 1. The summed E-state index contributed by atoms with van der Waals surface area (Å²) in [5.41, 5.74) is 3.90. The minimum absolute atomic E-state index is 0.281. The lowest BCUT2D eigenvalue weighted by atomic mass is 9.99. The van der Waals surface area contributed by atoms with E-state index >= 15 is 0 Å². The number of aromatic nitrogens is 2. The molecule has 0 spiro atoms. The van der Waals surface area contributed by atoms with Gasteiger partial charge in [-0.1, -0.05) is 18.2 Å². The van der Waals surface area contributed by atoms with E-state index in [4.69, 9.17) is 0 Å². The molecule has 0 aliphatic rings. The van der Waals surface area contributed by atoms with Crippen LogP contribution in [-0.2, 0) is 6.61 Å². The van der Waals surface area contributed by atoms with Crippen LogP contribution in [0.3, 0.4) is 0 Å². The van der Waals surface area contributed by atoms with Gasteiger partial charge < -0.3 is 25.6 Å². The third-order valence-corrected chi connectivity index (χ3v) is 5.37. The Balaban J connectivity index is 1.64. The lowest BCUT2D eigenvalue weighted by molar-refractivity contribution is 0.102. The number of rotatable bonds is 7. The van der Waals surface area contributed by atoms with Gasteiger partial charge in [-0.25, -0.2) is 4.98 Å². The zero-order chi connectivity index (χ0) is 24.1. The summed E-state index contributed by atoms with van der Waals surface area (Å²) in [6.45, 7) is -0.298. The van der Waals surface area contributed by atoms with Crippen molar-refractivity contribution in [3.63, 3.8) is 0 Å². The van der Waals surface area contributed by atoms with Crippen LogP contribution in [-0.4, -0.2) is 35.1 Å². The van der Waals surface area contributed by atoms with Gasteiger partial charge in [0.1, 0.15) is 11.5 Å². The monoisotopic (exact) mass is 455 g/mol. The van der Waals surface area contributed by atoms with Gasteiger partial charge in [-0.05, 0) is 54.1 Å². The topological polar surface area (TPSA) is 110 Å². The van der Waals surface area contributed by atoms with Gasteiger partial charge in [0.2, 0.25) is 0 Å². The van der Waals surface area contributed by atoms with Gasteiger partial charge in [-0.3, -0.25) is 9.59 Å². The summed E-state index contributed by atoms with van der Waals surface area (Å²) in [5, 5.41) is 16.0. The molecule has 0 bridgehead atoms. The molecule has 8 nitrogen and oxygen atoms in total. The van der Waals surface area contributed by atoms with Gasteiger partial charge >= 0.3 is 0 Å². The molecule has 2 aromatic heterocycles. The average Bonchev–Trinajstić information content (AvgIpc) is 2.86. The number of aliphatic hydroxyl groups excluding tert-OH is 1. The molecule has 0 saturated heterocycles. The molecule has 0 aliphatic heterocycles. The molecule has 2 aromatic carbocycles. The summed E-state index contributed by atoms with van der Waals surface area (Å²) >= 11 is 0. The Hall–Kier alpha value is -4.43. The molecular weight excluding hydrogens is 430 g/mol. The number of pyridine rings is 2. The van der Waals surface area contributed by atoms with E-state index in [2.05, 4.69) is 20.6 Å². The van der Waals surface area contributed by atoms with E-state index in [1.54, 1.807) is 54.9 Å². The Morgan fingerprint density at radius 1 is 1.03 bits per heavy atom. The van der Waals surface area contributed by atoms with Gasteiger partial charge in [-0.2, -0.15) is 0 Å². The molecule has 0 fully saturated rings. The Bertz CT molecular complexity index is 1350. The first-order valence-corrected chi connectivity index (χ1v) is 10.7. The first-order chi connectivity index (χ1) is 16.5. The number of H-pyrrole nitrogens is 1. The van der Waals surface area contributed by atoms with Crippen LogP contribution in [0.15, 0.2) is 83.9 Å². The number of carbonyl (C=O) groups excluding carboxylic acids is 1. The van der Waals surface area contributed by atoms with Crippen LogP contribution in [0.5, 0.6) is 0 Å². The molecular formula is C26H25N5O3. The SMILES string of the molecule is CN(C)c1ccc(C(=O)Nc2cccc(-c3c[nH]c(=O)c(Nc4ccccn4)c3)c2CO)cc1. The van der Waals surface area contributed by atoms with E-state index < -0.39 is 0 Å². The number of hydrogen-bond acceptors (Lipinski definition) is 6. The highest BCUT2D eigenvalue weighted by molar-refractivity contribution is 6.05. The number of aliphatic hydroxyl groups is 1. The van der Waals surface area contributed by atoms with Crippen molar-refractivity contribution in [3.05, 3.63) is 101 Å². The van der Waals surface area contributed by atoms with Crippen LogP contribution in [0.1, 0.15) is 15.9 Å². The number of nitrogens with one attached hydrogen (secondary N) is 3. The van der Waals surface area contributed by atoms with Crippen molar-refractivity contribution < 1.29 is 9.90 Å². The third-order valence-electron chi connectivity index (χ3n) is 5.37. The standard InChI is InChI=1S/C26H25N5O3/c1-31(2)19-11-9-17(10-12-19)25(33)30-22-7-5-6-20(21(22)16-32)18-14-23(26(34)28-15-18)29-24-8-3-4-13-27-24/h3-15,32H,16H2,1-2H3,(H,27,29)(H,28,34)(H,30,33). The van der Waals surface area contributed by atoms with Crippen molar-refractivity contribution in [2.45, 2.75) is 6.61 Å².